The first-order valence-corrected chi connectivity index (χ1v) is 9.28. The lowest BCUT2D eigenvalue weighted by atomic mass is 10.0. The number of nitrogens with one attached hydrogen (secondary N) is 1. The molecule has 0 saturated carbocycles. The number of aromatic nitrogens is 4. The molecule has 0 radical (unpaired) electrons. The fourth-order valence-electron chi connectivity index (χ4n) is 2.59. The summed E-state index contributed by atoms with van der Waals surface area (Å²) in [5.41, 5.74) is 4.17. The summed E-state index contributed by atoms with van der Waals surface area (Å²) < 4.78 is 9.21. The van der Waals surface area contributed by atoms with E-state index < -0.39 is 0 Å². The molecule has 0 aliphatic rings. The fraction of sp³-hybridized carbons (Fsp3) is 0.150. The van der Waals surface area contributed by atoms with Gasteiger partial charge in [-0.15, -0.1) is 5.10 Å². The van der Waals surface area contributed by atoms with Gasteiger partial charge >= 0.3 is 0 Å². The molecule has 142 valence electrons. The minimum atomic E-state index is -0.299. The zero-order chi connectivity index (χ0) is 20.1. The second-order valence-corrected chi connectivity index (χ2v) is 6.65. The molecule has 0 spiro atoms. The standard InChI is InChI=1S/C20H19N5O2S/c1-5-17(27-6-2)14-8-7-12(3)15(9-14)16-10-22-18(11-21-16)23-20(26)19-13(4)24-25-28-19/h5-11H,2H2,1,3-4H3,(H,22,23,26)/b17-5-. The molecule has 1 aromatic carbocycles. The van der Waals surface area contributed by atoms with E-state index in [-0.39, 0.29) is 5.91 Å². The van der Waals surface area contributed by atoms with E-state index in [1.807, 2.05) is 38.1 Å². The van der Waals surface area contributed by atoms with E-state index >= 15 is 0 Å². The smallest absolute Gasteiger partial charge is 0.270 e. The first-order chi connectivity index (χ1) is 13.5. The average molecular weight is 393 g/mol. The van der Waals surface area contributed by atoms with Crippen molar-refractivity contribution < 1.29 is 9.53 Å². The molecule has 0 fully saturated rings. The van der Waals surface area contributed by atoms with Crippen molar-refractivity contribution >= 4 is 29.0 Å². The number of anilines is 1. The van der Waals surface area contributed by atoms with Gasteiger partial charge < -0.3 is 10.1 Å². The van der Waals surface area contributed by atoms with Crippen molar-refractivity contribution in [3.05, 3.63) is 71.2 Å². The molecule has 0 unspecified atom stereocenters. The third-order valence-electron chi connectivity index (χ3n) is 4.02. The van der Waals surface area contributed by atoms with E-state index in [1.165, 1.54) is 12.5 Å². The molecule has 3 rings (SSSR count). The van der Waals surface area contributed by atoms with Crippen LogP contribution >= 0.6 is 11.5 Å². The number of ether oxygens (including phenoxy) is 1. The Hall–Kier alpha value is -3.39. The van der Waals surface area contributed by atoms with E-state index in [9.17, 15) is 4.79 Å². The van der Waals surface area contributed by atoms with Gasteiger partial charge in [-0.05, 0) is 50.0 Å². The highest BCUT2D eigenvalue weighted by Gasteiger charge is 2.14. The molecule has 0 atom stereocenters. The molecule has 0 aliphatic carbocycles. The number of hydrogen-bond acceptors (Lipinski definition) is 7. The summed E-state index contributed by atoms with van der Waals surface area (Å²) in [6.07, 6.45) is 6.42. The summed E-state index contributed by atoms with van der Waals surface area (Å²) in [6.45, 7) is 9.23. The van der Waals surface area contributed by atoms with Crippen molar-refractivity contribution in [3.63, 3.8) is 0 Å². The molecule has 2 heterocycles. The van der Waals surface area contributed by atoms with Gasteiger partial charge in [0.1, 0.15) is 10.6 Å². The minimum absolute atomic E-state index is 0.299. The summed E-state index contributed by atoms with van der Waals surface area (Å²) in [6, 6.07) is 5.96. The van der Waals surface area contributed by atoms with Gasteiger partial charge in [0.25, 0.3) is 5.91 Å². The summed E-state index contributed by atoms with van der Waals surface area (Å²) in [5.74, 6) is 0.771. The highest BCUT2D eigenvalue weighted by atomic mass is 32.1. The van der Waals surface area contributed by atoms with Crippen LogP contribution in [0.25, 0.3) is 17.0 Å². The number of benzene rings is 1. The van der Waals surface area contributed by atoms with E-state index in [1.54, 1.807) is 13.1 Å². The highest BCUT2D eigenvalue weighted by molar-refractivity contribution is 7.08. The zero-order valence-electron chi connectivity index (χ0n) is 15.8. The third-order valence-corrected chi connectivity index (χ3v) is 4.85. The first-order valence-electron chi connectivity index (χ1n) is 8.51. The van der Waals surface area contributed by atoms with Crippen molar-refractivity contribution in [1.82, 2.24) is 19.6 Å². The SMILES string of the molecule is C=CO/C(=C\C)c1ccc(C)c(-c2cnc(NC(=O)c3snnc3C)cn2)c1. The minimum Gasteiger partial charge on any atom is -0.465 e. The summed E-state index contributed by atoms with van der Waals surface area (Å²) >= 11 is 1.04. The Balaban J connectivity index is 1.84. The Labute approximate surface area is 167 Å². The van der Waals surface area contributed by atoms with Crippen LogP contribution in [0, 0.1) is 13.8 Å². The number of carbonyl (C=O) groups excluding carboxylic acids is 1. The second kappa shape index (κ2) is 8.53. The largest absolute Gasteiger partial charge is 0.465 e. The lowest BCUT2D eigenvalue weighted by molar-refractivity contribution is 0.102. The van der Waals surface area contributed by atoms with Gasteiger partial charge in [0, 0.05) is 11.1 Å². The molecule has 28 heavy (non-hydrogen) atoms. The van der Waals surface area contributed by atoms with Crippen molar-refractivity contribution in [2.45, 2.75) is 20.8 Å². The fourth-order valence-corrected chi connectivity index (χ4v) is 3.14. The van der Waals surface area contributed by atoms with Crippen LogP contribution in [-0.4, -0.2) is 25.5 Å². The first kappa shape index (κ1) is 19.4. The van der Waals surface area contributed by atoms with Gasteiger partial charge in [-0.1, -0.05) is 23.2 Å². The number of allylic oxidation sites excluding steroid dienone is 1. The van der Waals surface area contributed by atoms with Crippen molar-refractivity contribution in [2.75, 3.05) is 5.32 Å². The van der Waals surface area contributed by atoms with Gasteiger partial charge in [-0.3, -0.25) is 9.78 Å². The monoisotopic (exact) mass is 393 g/mol. The van der Waals surface area contributed by atoms with Crippen molar-refractivity contribution in [2.24, 2.45) is 0 Å². The van der Waals surface area contributed by atoms with Gasteiger partial charge in [0.15, 0.2) is 5.82 Å². The van der Waals surface area contributed by atoms with Crippen LogP contribution in [0.5, 0.6) is 0 Å². The van der Waals surface area contributed by atoms with Crippen LogP contribution in [0.15, 0.2) is 49.5 Å². The molecule has 3 aromatic rings. The molecule has 1 N–H and O–H groups in total. The van der Waals surface area contributed by atoms with Crippen LogP contribution in [0.3, 0.4) is 0 Å². The lowest BCUT2D eigenvalue weighted by Gasteiger charge is -2.11. The van der Waals surface area contributed by atoms with E-state index in [2.05, 4.69) is 31.5 Å². The average Bonchev–Trinajstić information content (AvgIpc) is 3.13. The number of rotatable bonds is 6. The second-order valence-electron chi connectivity index (χ2n) is 5.90. The molecule has 7 nitrogen and oxygen atoms in total. The Morgan fingerprint density at radius 3 is 2.68 bits per heavy atom. The maximum atomic E-state index is 12.2. The van der Waals surface area contributed by atoms with Crippen LogP contribution in [0.4, 0.5) is 5.82 Å². The molecule has 8 heteroatoms. The number of aryl methyl sites for hydroxylation is 2. The van der Waals surface area contributed by atoms with Crippen LogP contribution in [-0.2, 0) is 4.74 Å². The molecule has 1 amide bonds. The van der Waals surface area contributed by atoms with Crippen LogP contribution < -0.4 is 5.32 Å². The maximum absolute atomic E-state index is 12.2. The number of carbonyl (C=O) groups is 1. The highest BCUT2D eigenvalue weighted by Crippen LogP contribution is 2.27. The van der Waals surface area contributed by atoms with E-state index in [4.69, 9.17) is 4.74 Å². The summed E-state index contributed by atoms with van der Waals surface area (Å²) in [7, 11) is 0. The molecule has 2 aromatic heterocycles. The predicted molar refractivity (Wildman–Crippen MR) is 110 cm³/mol. The Bertz CT molecular complexity index is 1040. The molecular weight excluding hydrogens is 374 g/mol. The maximum Gasteiger partial charge on any atom is 0.270 e. The molecule has 0 bridgehead atoms. The van der Waals surface area contributed by atoms with Crippen LogP contribution in [0.1, 0.15) is 33.4 Å². The molecular formula is C20H19N5O2S. The Morgan fingerprint density at radius 1 is 1.25 bits per heavy atom. The van der Waals surface area contributed by atoms with E-state index in [0.29, 0.717) is 27.8 Å². The Kier molecular flexibility index (Phi) is 5.90. The lowest BCUT2D eigenvalue weighted by Crippen LogP contribution is -2.13. The molecule has 0 saturated heterocycles. The third kappa shape index (κ3) is 4.12. The topological polar surface area (TPSA) is 89.9 Å². The van der Waals surface area contributed by atoms with Gasteiger partial charge in [0.2, 0.25) is 0 Å². The van der Waals surface area contributed by atoms with Crippen molar-refractivity contribution in [3.8, 4) is 11.3 Å². The number of amides is 1. The quantitative estimate of drug-likeness (QED) is 0.625. The predicted octanol–water partition coefficient (Wildman–Crippen LogP) is 4.39. The van der Waals surface area contributed by atoms with Gasteiger partial charge in [-0.25, -0.2) is 4.98 Å². The van der Waals surface area contributed by atoms with E-state index in [0.717, 1.165) is 28.2 Å². The normalized spacial score (nSPS) is 11.2. The zero-order valence-corrected chi connectivity index (χ0v) is 16.6. The summed E-state index contributed by atoms with van der Waals surface area (Å²) in [5, 5.41) is 6.55. The molecule has 0 aliphatic heterocycles. The van der Waals surface area contributed by atoms with Gasteiger partial charge in [-0.2, -0.15) is 0 Å². The summed E-state index contributed by atoms with van der Waals surface area (Å²) in [4.78, 5) is 21.5. The van der Waals surface area contributed by atoms with Crippen LogP contribution in [0.2, 0.25) is 0 Å². The van der Waals surface area contributed by atoms with Gasteiger partial charge in [0.05, 0.1) is 30.0 Å². The van der Waals surface area contributed by atoms with Crippen molar-refractivity contribution in [1.29, 1.82) is 0 Å². The number of nitrogens with zero attached hydrogens (tertiary/aromatic N) is 4. The number of hydrogen-bond donors (Lipinski definition) is 1. The Morgan fingerprint density at radius 2 is 2.07 bits per heavy atom.